The zero-order valence-electron chi connectivity index (χ0n) is 7.81. The first-order chi connectivity index (χ1) is 5.91. The predicted octanol–water partition coefficient (Wildman–Crippen LogP) is -0.806. The molecule has 1 aliphatic heterocycles. The normalized spacial score (nSPS) is 16.5. The van der Waals surface area contributed by atoms with Crippen LogP contribution in [0.4, 0.5) is 0 Å². The van der Waals surface area contributed by atoms with Gasteiger partial charge in [0, 0.05) is 19.6 Å². The van der Waals surface area contributed by atoms with Crippen molar-refractivity contribution in [3.63, 3.8) is 0 Å². The first kappa shape index (κ1) is 11.8. The Hall–Kier alpha value is -0.160. The number of likely N-dealkylation sites (N-methyl/N-ethyl adjacent to an activating group) is 1. The van der Waals surface area contributed by atoms with Crippen LogP contribution in [0.15, 0.2) is 0 Å². The van der Waals surface area contributed by atoms with E-state index < -0.39 is 0 Å². The number of aliphatic hydroxyl groups is 1. The summed E-state index contributed by atoms with van der Waals surface area (Å²) in [6, 6.07) is 0. The summed E-state index contributed by atoms with van der Waals surface area (Å²) >= 11 is 0. The van der Waals surface area contributed by atoms with Crippen LogP contribution in [0.2, 0.25) is 0 Å². The first-order valence-electron chi connectivity index (χ1n) is 4.51. The average Bonchev–Trinajstić information content (AvgIpc) is 2.18. The maximum absolute atomic E-state index is 8.13. The van der Waals surface area contributed by atoms with Gasteiger partial charge in [-0.05, 0) is 6.54 Å². The third-order valence-electron chi connectivity index (χ3n) is 1.38. The van der Waals surface area contributed by atoms with Crippen LogP contribution < -0.4 is 10.6 Å². The maximum Gasteiger partial charge on any atom is 0.0591 e. The largest absolute Gasteiger partial charge is 0.395 e. The van der Waals surface area contributed by atoms with Gasteiger partial charge in [-0.2, -0.15) is 0 Å². The van der Waals surface area contributed by atoms with Gasteiger partial charge in [-0.1, -0.05) is 6.92 Å². The molecule has 1 aliphatic rings. The fourth-order valence-corrected chi connectivity index (χ4v) is 0.772. The monoisotopic (exact) mass is 176 g/mol. The molecular formula is C8H20N2O2. The molecule has 74 valence electrons. The van der Waals surface area contributed by atoms with E-state index in [1.54, 1.807) is 0 Å². The summed E-state index contributed by atoms with van der Waals surface area (Å²) in [6.45, 7) is 7.75. The molecule has 0 aromatic carbocycles. The summed E-state index contributed by atoms with van der Waals surface area (Å²) in [5, 5.41) is 14.2. The smallest absolute Gasteiger partial charge is 0.0591 e. The molecular weight excluding hydrogens is 156 g/mol. The number of hydrogen-bond acceptors (Lipinski definition) is 4. The summed E-state index contributed by atoms with van der Waals surface area (Å²) in [6.07, 6.45) is 0. The van der Waals surface area contributed by atoms with Crippen molar-refractivity contribution in [2.75, 3.05) is 46.0 Å². The van der Waals surface area contributed by atoms with E-state index in [2.05, 4.69) is 10.6 Å². The Morgan fingerprint density at radius 3 is 2.25 bits per heavy atom. The SMILES string of the molecule is C1COCCN1.CCNCCO. The molecule has 0 unspecified atom stereocenters. The zero-order chi connectivity index (χ0) is 9.07. The zero-order valence-corrected chi connectivity index (χ0v) is 7.81. The lowest BCUT2D eigenvalue weighted by Gasteiger charge is -2.10. The van der Waals surface area contributed by atoms with Crippen molar-refractivity contribution in [2.45, 2.75) is 6.92 Å². The van der Waals surface area contributed by atoms with Gasteiger partial charge in [-0.15, -0.1) is 0 Å². The van der Waals surface area contributed by atoms with E-state index in [0.29, 0.717) is 0 Å². The number of rotatable bonds is 3. The molecule has 1 heterocycles. The third kappa shape index (κ3) is 9.84. The quantitative estimate of drug-likeness (QED) is 0.493. The standard InChI is InChI=1S/C4H9NO.C4H11NO/c1-3-6-4-2-5-1;1-2-5-3-4-6/h5H,1-4H2;5-6H,2-4H2,1H3. The Morgan fingerprint density at radius 2 is 2.08 bits per heavy atom. The molecule has 0 bridgehead atoms. The number of nitrogens with one attached hydrogen (secondary N) is 2. The number of ether oxygens (including phenoxy) is 1. The lowest BCUT2D eigenvalue weighted by Crippen LogP contribution is -2.30. The fourth-order valence-electron chi connectivity index (χ4n) is 0.772. The van der Waals surface area contributed by atoms with Crippen molar-refractivity contribution in [3.8, 4) is 0 Å². The highest BCUT2D eigenvalue weighted by Gasteiger charge is 1.92. The van der Waals surface area contributed by atoms with E-state index in [0.717, 1.165) is 39.4 Å². The molecule has 0 amide bonds. The van der Waals surface area contributed by atoms with Crippen molar-refractivity contribution in [3.05, 3.63) is 0 Å². The van der Waals surface area contributed by atoms with Crippen LogP contribution in [0.1, 0.15) is 6.92 Å². The van der Waals surface area contributed by atoms with Gasteiger partial charge in [0.15, 0.2) is 0 Å². The van der Waals surface area contributed by atoms with Crippen molar-refractivity contribution in [1.29, 1.82) is 0 Å². The van der Waals surface area contributed by atoms with E-state index >= 15 is 0 Å². The molecule has 1 saturated heterocycles. The molecule has 4 heteroatoms. The Morgan fingerprint density at radius 1 is 1.42 bits per heavy atom. The second kappa shape index (κ2) is 10.8. The van der Waals surface area contributed by atoms with E-state index in [9.17, 15) is 0 Å². The number of aliphatic hydroxyl groups excluding tert-OH is 1. The Bertz CT molecular complexity index is 61.9. The molecule has 0 atom stereocenters. The molecule has 4 nitrogen and oxygen atoms in total. The minimum absolute atomic E-state index is 0.244. The van der Waals surface area contributed by atoms with Gasteiger partial charge in [-0.25, -0.2) is 0 Å². The summed E-state index contributed by atoms with van der Waals surface area (Å²) in [5.41, 5.74) is 0. The van der Waals surface area contributed by atoms with Gasteiger partial charge < -0.3 is 20.5 Å². The summed E-state index contributed by atoms with van der Waals surface area (Å²) in [5.74, 6) is 0. The molecule has 3 N–H and O–H groups in total. The highest BCUT2D eigenvalue weighted by Crippen LogP contribution is 1.76. The van der Waals surface area contributed by atoms with Crippen molar-refractivity contribution in [2.24, 2.45) is 0 Å². The minimum Gasteiger partial charge on any atom is -0.395 e. The third-order valence-corrected chi connectivity index (χ3v) is 1.38. The molecule has 0 aromatic rings. The van der Waals surface area contributed by atoms with Gasteiger partial charge in [-0.3, -0.25) is 0 Å². The second-order valence-corrected chi connectivity index (χ2v) is 2.44. The topological polar surface area (TPSA) is 53.5 Å². The van der Waals surface area contributed by atoms with Crippen LogP contribution in [0, 0.1) is 0 Å². The Kier molecular flexibility index (Phi) is 10.7. The second-order valence-electron chi connectivity index (χ2n) is 2.44. The molecule has 12 heavy (non-hydrogen) atoms. The number of morpholine rings is 1. The van der Waals surface area contributed by atoms with E-state index in [1.807, 2.05) is 6.92 Å². The van der Waals surface area contributed by atoms with Crippen LogP contribution >= 0.6 is 0 Å². The van der Waals surface area contributed by atoms with Crippen molar-refractivity contribution >= 4 is 0 Å². The van der Waals surface area contributed by atoms with Crippen LogP contribution in [0.5, 0.6) is 0 Å². The van der Waals surface area contributed by atoms with Crippen LogP contribution in [-0.2, 0) is 4.74 Å². The molecule has 0 radical (unpaired) electrons. The van der Waals surface area contributed by atoms with Crippen molar-refractivity contribution in [1.82, 2.24) is 10.6 Å². The summed E-state index contributed by atoms with van der Waals surface area (Å²) in [4.78, 5) is 0. The highest BCUT2D eigenvalue weighted by atomic mass is 16.5. The van der Waals surface area contributed by atoms with Gasteiger partial charge in [0.05, 0.1) is 19.8 Å². The Balaban J connectivity index is 0.000000202. The maximum atomic E-state index is 8.13. The van der Waals surface area contributed by atoms with Crippen molar-refractivity contribution < 1.29 is 9.84 Å². The molecule has 0 saturated carbocycles. The van der Waals surface area contributed by atoms with Gasteiger partial charge >= 0.3 is 0 Å². The van der Waals surface area contributed by atoms with Crippen LogP contribution in [0.25, 0.3) is 0 Å². The first-order valence-corrected chi connectivity index (χ1v) is 4.51. The lowest BCUT2D eigenvalue weighted by atomic mass is 10.5. The summed E-state index contributed by atoms with van der Waals surface area (Å²) < 4.78 is 5.01. The average molecular weight is 176 g/mol. The van der Waals surface area contributed by atoms with Gasteiger partial charge in [0.2, 0.25) is 0 Å². The summed E-state index contributed by atoms with van der Waals surface area (Å²) in [7, 11) is 0. The van der Waals surface area contributed by atoms with Crippen LogP contribution in [0.3, 0.4) is 0 Å². The van der Waals surface area contributed by atoms with Gasteiger partial charge in [0.1, 0.15) is 0 Å². The number of hydrogen-bond donors (Lipinski definition) is 3. The Labute approximate surface area is 74.3 Å². The molecule has 1 rings (SSSR count). The molecule has 0 spiro atoms. The van der Waals surface area contributed by atoms with E-state index in [1.165, 1.54) is 0 Å². The fraction of sp³-hybridized carbons (Fsp3) is 1.00. The highest BCUT2D eigenvalue weighted by molar-refractivity contribution is 4.49. The predicted molar refractivity (Wildman–Crippen MR) is 49.3 cm³/mol. The van der Waals surface area contributed by atoms with Crippen LogP contribution in [-0.4, -0.2) is 51.1 Å². The molecule has 0 aliphatic carbocycles. The lowest BCUT2D eigenvalue weighted by molar-refractivity contribution is 0.109. The molecule has 0 aromatic heterocycles. The molecule has 1 fully saturated rings. The van der Waals surface area contributed by atoms with Gasteiger partial charge in [0.25, 0.3) is 0 Å². The van der Waals surface area contributed by atoms with E-state index in [-0.39, 0.29) is 6.61 Å². The minimum atomic E-state index is 0.244. The van der Waals surface area contributed by atoms with E-state index in [4.69, 9.17) is 9.84 Å².